The summed E-state index contributed by atoms with van der Waals surface area (Å²) >= 11 is 0. The van der Waals surface area contributed by atoms with E-state index in [2.05, 4.69) is 29.2 Å². The molecular formula is C21H22FNO. The molecule has 24 heavy (non-hydrogen) atoms. The van der Waals surface area contributed by atoms with Crippen LogP contribution in [0.25, 0.3) is 0 Å². The molecule has 2 aromatic rings. The fourth-order valence-electron chi connectivity index (χ4n) is 4.47. The average Bonchev–Trinajstić information content (AvgIpc) is 2.99. The third kappa shape index (κ3) is 3.01. The fourth-order valence-corrected chi connectivity index (χ4v) is 4.47. The molecule has 4 rings (SSSR count). The first kappa shape index (κ1) is 15.5. The Hall–Kier alpha value is -2.00. The highest BCUT2D eigenvalue weighted by atomic mass is 19.1. The molecule has 0 aromatic heterocycles. The number of hydrogen-bond donors (Lipinski definition) is 0. The van der Waals surface area contributed by atoms with Crippen LogP contribution in [0.15, 0.2) is 54.6 Å². The van der Waals surface area contributed by atoms with Gasteiger partial charge in [0.25, 0.3) is 0 Å². The number of halogens is 1. The third-order valence-electron chi connectivity index (χ3n) is 5.58. The van der Waals surface area contributed by atoms with Gasteiger partial charge < -0.3 is 0 Å². The lowest BCUT2D eigenvalue weighted by Gasteiger charge is -2.32. The van der Waals surface area contributed by atoms with Crippen molar-refractivity contribution in [2.24, 2.45) is 11.8 Å². The molecular weight excluding hydrogens is 301 g/mol. The lowest BCUT2D eigenvalue weighted by Crippen LogP contribution is -2.32. The molecule has 1 saturated carbocycles. The molecule has 2 aromatic carbocycles. The molecule has 2 aliphatic rings. The highest BCUT2D eigenvalue weighted by Gasteiger charge is 2.44. The van der Waals surface area contributed by atoms with E-state index in [-0.39, 0.29) is 11.7 Å². The van der Waals surface area contributed by atoms with Crippen molar-refractivity contribution in [3.05, 3.63) is 71.5 Å². The SMILES string of the molecule is O=C1CC[C@@H]2CN(Cc3ccccc3)C[C@@H]2[C@H]1c1ccc(F)cc1. The second kappa shape index (κ2) is 6.48. The van der Waals surface area contributed by atoms with Crippen LogP contribution < -0.4 is 0 Å². The molecule has 1 aliphatic carbocycles. The summed E-state index contributed by atoms with van der Waals surface area (Å²) in [4.78, 5) is 15.0. The maximum atomic E-state index is 13.2. The van der Waals surface area contributed by atoms with Crippen LogP contribution in [-0.4, -0.2) is 23.8 Å². The largest absolute Gasteiger partial charge is 0.299 e. The summed E-state index contributed by atoms with van der Waals surface area (Å²) in [5.74, 6) is 0.951. The standard InChI is InChI=1S/C21H22FNO/c22-18-9-6-16(7-10-18)21-19-14-23(12-15-4-2-1-3-5-15)13-17(19)8-11-20(21)24/h1-7,9-10,17,19,21H,8,11-14H2/t17-,19+,21-/m1/s1. The molecule has 0 unspecified atom stereocenters. The summed E-state index contributed by atoms with van der Waals surface area (Å²) in [6.07, 6.45) is 1.65. The Morgan fingerprint density at radius 2 is 1.75 bits per heavy atom. The Kier molecular flexibility index (Phi) is 4.19. The molecule has 1 saturated heterocycles. The number of benzene rings is 2. The highest BCUT2D eigenvalue weighted by molar-refractivity contribution is 5.87. The topological polar surface area (TPSA) is 20.3 Å². The van der Waals surface area contributed by atoms with Crippen LogP contribution in [0.1, 0.15) is 29.9 Å². The number of Topliss-reactive ketones (excluding diaryl/α,β-unsaturated/α-hetero) is 1. The Morgan fingerprint density at radius 1 is 1.00 bits per heavy atom. The van der Waals surface area contributed by atoms with E-state index in [0.29, 0.717) is 24.0 Å². The van der Waals surface area contributed by atoms with Crippen LogP contribution in [0.5, 0.6) is 0 Å². The number of carbonyl (C=O) groups excluding carboxylic acids is 1. The van der Waals surface area contributed by atoms with E-state index in [9.17, 15) is 9.18 Å². The second-order valence-electron chi connectivity index (χ2n) is 7.14. The predicted octanol–water partition coefficient (Wildman–Crippen LogP) is 4.02. The van der Waals surface area contributed by atoms with Gasteiger partial charge in [-0.25, -0.2) is 4.39 Å². The molecule has 1 heterocycles. The number of nitrogens with zero attached hydrogens (tertiary/aromatic N) is 1. The van der Waals surface area contributed by atoms with Gasteiger partial charge in [-0.3, -0.25) is 9.69 Å². The van der Waals surface area contributed by atoms with E-state index in [0.717, 1.165) is 31.6 Å². The number of ketones is 1. The van der Waals surface area contributed by atoms with Gasteiger partial charge in [0.2, 0.25) is 0 Å². The molecule has 2 nitrogen and oxygen atoms in total. The van der Waals surface area contributed by atoms with Crippen molar-refractivity contribution >= 4 is 5.78 Å². The number of hydrogen-bond acceptors (Lipinski definition) is 2. The van der Waals surface area contributed by atoms with Gasteiger partial charge in [0, 0.05) is 32.0 Å². The normalized spacial score (nSPS) is 27.2. The van der Waals surface area contributed by atoms with E-state index in [4.69, 9.17) is 0 Å². The molecule has 1 aliphatic heterocycles. The maximum Gasteiger partial charge on any atom is 0.140 e. The molecule has 0 N–H and O–H groups in total. The van der Waals surface area contributed by atoms with Crippen molar-refractivity contribution in [1.29, 1.82) is 0 Å². The molecule has 0 radical (unpaired) electrons. The first-order valence-corrected chi connectivity index (χ1v) is 8.75. The highest BCUT2D eigenvalue weighted by Crippen LogP contribution is 2.43. The zero-order valence-electron chi connectivity index (χ0n) is 13.7. The smallest absolute Gasteiger partial charge is 0.140 e. The maximum absolute atomic E-state index is 13.2. The van der Waals surface area contributed by atoms with Gasteiger partial charge in [-0.1, -0.05) is 42.5 Å². The van der Waals surface area contributed by atoms with Crippen molar-refractivity contribution < 1.29 is 9.18 Å². The van der Waals surface area contributed by atoms with Crippen LogP contribution in [0, 0.1) is 17.7 Å². The minimum atomic E-state index is -0.240. The van der Waals surface area contributed by atoms with Crippen LogP contribution in [0.4, 0.5) is 4.39 Å². The van der Waals surface area contributed by atoms with Gasteiger partial charge in [0.15, 0.2) is 0 Å². The zero-order chi connectivity index (χ0) is 16.5. The van der Waals surface area contributed by atoms with Crippen LogP contribution in [0.2, 0.25) is 0 Å². The summed E-state index contributed by atoms with van der Waals surface area (Å²) in [5.41, 5.74) is 2.30. The van der Waals surface area contributed by atoms with E-state index < -0.39 is 0 Å². The van der Waals surface area contributed by atoms with Gasteiger partial charge in [-0.05, 0) is 41.5 Å². The van der Waals surface area contributed by atoms with E-state index >= 15 is 0 Å². The van der Waals surface area contributed by atoms with Gasteiger partial charge in [0.1, 0.15) is 11.6 Å². The van der Waals surface area contributed by atoms with Gasteiger partial charge in [0.05, 0.1) is 0 Å². The lowest BCUT2D eigenvalue weighted by molar-refractivity contribution is -0.124. The van der Waals surface area contributed by atoms with Crippen molar-refractivity contribution in [3.63, 3.8) is 0 Å². The van der Waals surface area contributed by atoms with Gasteiger partial charge >= 0.3 is 0 Å². The third-order valence-corrected chi connectivity index (χ3v) is 5.58. The van der Waals surface area contributed by atoms with E-state index in [1.165, 1.54) is 17.7 Å². The Morgan fingerprint density at radius 3 is 2.50 bits per heavy atom. The van der Waals surface area contributed by atoms with Crippen molar-refractivity contribution in [1.82, 2.24) is 4.90 Å². The number of likely N-dealkylation sites (tertiary alicyclic amines) is 1. The number of fused-ring (bicyclic) bond motifs is 1. The molecule has 0 bridgehead atoms. The summed E-state index contributed by atoms with van der Waals surface area (Å²) in [7, 11) is 0. The quantitative estimate of drug-likeness (QED) is 0.850. The molecule has 124 valence electrons. The van der Waals surface area contributed by atoms with Gasteiger partial charge in [-0.15, -0.1) is 0 Å². The monoisotopic (exact) mass is 323 g/mol. The first-order chi connectivity index (χ1) is 11.7. The summed E-state index contributed by atoms with van der Waals surface area (Å²) < 4.78 is 13.2. The Labute approximate surface area is 142 Å². The zero-order valence-corrected chi connectivity index (χ0v) is 13.7. The molecule has 0 spiro atoms. The molecule has 3 atom stereocenters. The number of rotatable bonds is 3. The van der Waals surface area contributed by atoms with Crippen molar-refractivity contribution in [2.45, 2.75) is 25.3 Å². The average molecular weight is 323 g/mol. The predicted molar refractivity (Wildman–Crippen MR) is 92.1 cm³/mol. The summed E-state index contributed by atoms with van der Waals surface area (Å²) in [6, 6.07) is 17.0. The molecule has 2 fully saturated rings. The molecule has 0 amide bonds. The van der Waals surface area contributed by atoms with E-state index in [1.54, 1.807) is 12.1 Å². The lowest BCUT2D eigenvalue weighted by atomic mass is 9.70. The van der Waals surface area contributed by atoms with Crippen molar-refractivity contribution in [3.8, 4) is 0 Å². The molecule has 3 heteroatoms. The first-order valence-electron chi connectivity index (χ1n) is 8.75. The Balaban J connectivity index is 1.54. The Bertz CT molecular complexity index is 712. The second-order valence-corrected chi connectivity index (χ2v) is 7.14. The fraction of sp³-hybridized carbons (Fsp3) is 0.381. The van der Waals surface area contributed by atoms with Crippen LogP contribution >= 0.6 is 0 Å². The summed E-state index contributed by atoms with van der Waals surface area (Å²) in [5, 5.41) is 0. The van der Waals surface area contributed by atoms with Crippen LogP contribution in [-0.2, 0) is 11.3 Å². The van der Waals surface area contributed by atoms with Gasteiger partial charge in [-0.2, -0.15) is 0 Å². The van der Waals surface area contributed by atoms with Crippen molar-refractivity contribution in [2.75, 3.05) is 13.1 Å². The van der Waals surface area contributed by atoms with Crippen LogP contribution in [0.3, 0.4) is 0 Å². The minimum absolute atomic E-state index is 0.0647. The van der Waals surface area contributed by atoms with E-state index in [1.807, 2.05) is 6.07 Å². The minimum Gasteiger partial charge on any atom is -0.299 e. The summed E-state index contributed by atoms with van der Waals surface area (Å²) in [6.45, 7) is 2.95. The number of carbonyl (C=O) groups is 1.